The Bertz CT molecular complexity index is 956. The second-order valence-electron chi connectivity index (χ2n) is 7.26. The van der Waals surface area contributed by atoms with Crippen LogP contribution in [0.2, 0.25) is 0 Å². The van der Waals surface area contributed by atoms with Crippen molar-refractivity contribution in [3.8, 4) is 0 Å². The van der Waals surface area contributed by atoms with Crippen LogP contribution in [-0.4, -0.2) is 45.8 Å². The van der Waals surface area contributed by atoms with Gasteiger partial charge in [-0.3, -0.25) is 4.79 Å². The molecule has 1 aliphatic heterocycles. The fourth-order valence-electron chi connectivity index (χ4n) is 3.62. The Kier molecular flexibility index (Phi) is 5.39. The lowest BCUT2D eigenvalue weighted by molar-refractivity contribution is 0.0673. The van der Waals surface area contributed by atoms with Crippen molar-refractivity contribution in [2.24, 2.45) is 0 Å². The first kappa shape index (κ1) is 18.6. The molecule has 28 heavy (non-hydrogen) atoms. The van der Waals surface area contributed by atoms with E-state index in [1.165, 1.54) is 17.1 Å². The Labute approximate surface area is 169 Å². The molecule has 0 N–H and O–H groups in total. The van der Waals surface area contributed by atoms with Crippen molar-refractivity contribution in [1.29, 1.82) is 0 Å². The van der Waals surface area contributed by atoms with Crippen LogP contribution >= 0.6 is 11.5 Å². The molecule has 1 atom stereocenters. The minimum absolute atomic E-state index is 0.118. The SMILES string of the molecule is Cc1ccccc1C(=O)N1CCN(c2nc(Cc3ccccc3)ns2)CC1C. The van der Waals surface area contributed by atoms with Gasteiger partial charge in [0.1, 0.15) is 5.82 Å². The van der Waals surface area contributed by atoms with Crippen molar-refractivity contribution < 1.29 is 4.79 Å². The number of benzene rings is 2. The number of piperazine rings is 1. The van der Waals surface area contributed by atoms with Gasteiger partial charge in [-0.15, -0.1) is 0 Å². The highest BCUT2D eigenvalue weighted by atomic mass is 32.1. The number of amides is 1. The van der Waals surface area contributed by atoms with Crippen molar-refractivity contribution in [3.05, 3.63) is 77.1 Å². The predicted octanol–water partition coefficient (Wildman–Crippen LogP) is 3.79. The van der Waals surface area contributed by atoms with Crippen LogP contribution in [0.5, 0.6) is 0 Å². The lowest BCUT2D eigenvalue weighted by Crippen LogP contribution is -2.54. The largest absolute Gasteiger partial charge is 0.343 e. The normalized spacial score (nSPS) is 17.0. The number of aromatic nitrogens is 2. The molecule has 1 amide bonds. The zero-order chi connectivity index (χ0) is 19.5. The third-order valence-corrected chi connectivity index (χ3v) is 6.01. The first-order valence-corrected chi connectivity index (χ1v) is 10.4. The van der Waals surface area contributed by atoms with Gasteiger partial charge in [0.25, 0.3) is 5.91 Å². The highest BCUT2D eigenvalue weighted by Crippen LogP contribution is 2.24. The van der Waals surface area contributed by atoms with Crippen LogP contribution in [0, 0.1) is 6.92 Å². The van der Waals surface area contributed by atoms with E-state index in [0.29, 0.717) is 6.54 Å². The Balaban J connectivity index is 1.42. The summed E-state index contributed by atoms with van der Waals surface area (Å²) in [5, 5.41) is 0.945. The molecule has 1 fully saturated rings. The van der Waals surface area contributed by atoms with Crippen LogP contribution in [0.15, 0.2) is 54.6 Å². The summed E-state index contributed by atoms with van der Waals surface area (Å²) in [7, 11) is 0. The van der Waals surface area contributed by atoms with Crippen molar-refractivity contribution in [2.45, 2.75) is 26.3 Å². The van der Waals surface area contributed by atoms with Gasteiger partial charge in [0.15, 0.2) is 0 Å². The number of hydrogen-bond acceptors (Lipinski definition) is 5. The van der Waals surface area contributed by atoms with E-state index in [1.54, 1.807) is 0 Å². The molecule has 3 aromatic rings. The van der Waals surface area contributed by atoms with Gasteiger partial charge in [0, 0.05) is 49.2 Å². The van der Waals surface area contributed by atoms with E-state index in [9.17, 15) is 4.79 Å². The van der Waals surface area contributed by atoms with Gasteiger partial charge in [0.05, 0.1) is 0 Å². The second-order valence-corrected chi connectivity index (χ2v) is 7.99. The van der Waals surface area contributed by atoms with Gasteiger partial charge in [-0.25, -0.2) is 4.98 Å². The summed E-state index contributed by atoms with van der Waals surface area (Å²) in [6, 6.07) is 18.2. The number of rotatable bonds is 4. The number of nitrogens with zero attached hydrogens (tertiary/aromatic N) is 4. The molecular formula is C22H24N4OS. The lowest BCUT2D eigenvalue weighted by atomic mass is 10.1. The molecule has 1 aliphatic rings. The standard InChI is InChI=1S/C22H24N4OS/c1-16-8-6-7-11-19(16)21(27)26-13-12-25(15-17(26)2)22-23-20(24-28-22)14-18-9-4-3-5-10-18/h3-11,17H,12-15H2,1-2H3. The molecule has 5 nitrogen and oxygen atoms in total. The third-order valence-electron chi connectivity index (χ3n) is 5.20. The topological polar surface area (TPSA) is 49.3 Å². The van der Waals surface area contributed by atoms with Gasteiger partial charge in [-0.05, 0) is 31.0 Å². The first-order valence-electron chi connectivity index (χ1n) is 9.60. The molecule has 0 saturated carbocycles. The zero-order valence-electron chi connectivity index (χ0n) is 16.2. The van der Waals surface area contributed by atoms with Crippen LogP contribution in [0.25, 0.3) is 0 Å². The molecule has 1 saturated heterocycles. The summed E-state index contributed by atoms with van der Waals surface area (Å²) < 4.78 is 4.53. The number of anilines is 1. The molecule has 0 radical (unpaired) electrons. The summed E-state index contributed by atoms with van der Waals surface area (Å²) >= 11 is 1.45. The number of hydrogen-bond donors (Lipinski definition) is 0. The average Bonchev–Trinajstić information content (AvgIpc) is 3.17. The molecule has 2 heterocycles. The van der Waals surface area contributed by atoms with E-state index >= 15 is 0 Å². The van der Waals surface area contributed by atoms with Crippen molar-refractivity contribution in [3.63, 3.8) is 0 Å². The summed E-state index contributed by atoms with van der Waals surface area (Å²) in [6.07, 6.45) is 0.749. The molecule has 6 heteroatoms. The monoisotopic (exact) mass is 392 g/mol. The Hall–Kier alpha value is -2.73. The van der Waals surface area contributed by atoms with Crippen LogP contribution < -0.4 is 4.90 Å². The first-order chi connectivity index (χ1) is 13.6. The summed E-state index contributed by atoms with van der Waals surface area (Å²) in [6.45, 7) is 6.35. The molecule has 0 aliphatic carbocycles. The van der Waals surface area contributed by atoms with Gasteiger partial charge in [0.2, 0.25) is 5.13 Å². The minimum atomic E-state index is 0.118. The van der Waals surface area contributed by atoms with Crippen molar-refractivity contribution in [2.75, 3.05) is 24.5 Å². The van der Waals surface area contributed by atoms with E-state index in [-0.39, 0.29) is 11.9 Å². The Morgan fingerprint density at radius 2 is 1.86 bits per heavy atom. The van der Waals surface area contributed by atoms with Gasteiger partial charge in [-0.1, -0.05) is 48.5 Å². The van der Waals surface area contributed by atoms with Gasteiger partial charge < -0.3 is 9.80 Å². The molecular weight excluding hydrogens is 368 g/mol. The fourth-order valence-corrected chi connectivity index (χ4v) is 4.34. The molecule has 144 valence electrons. The smallest absolute Gasteiger partial charge is 0.254 e. The number of carbonyl (C=O) groups is 1. The number of carbonyl (C=O) groups excluding carboxylic acids is 1. The Morgan fingerprint density at radius 3 is 2.61 bits per heavy atom. The minimum Gasteiger partial charge on any atom is -0.343 e. The Morgan fingerprint density at radius 1 is 1.11 bits per heavy atom. The van der Waals surface area contributed by atoms with Gasteiger partial charge in [-0.2, -0.15) is 4.37 Å². The summed E-state index contributed by atoms with van der Waals surface area (Å²) in [5.41, 5.74) is 3.04. The van der Waals surface area contributed by atoms with Gasteiger partial charge >= 0.3 is 0 Å². The van der Waals surface area contributed by atoms with Crippen LogP contribution in [0.4, 0.5) is 5.13 Å². The van der Waals surface area contributed by atoms with E-state index < -0.39 is 0 Å². The van der Waals surface area contributed by atoms with Crippen LogP contribution in [0.1, 0.15) is 34.2 Å². The maximum Gasteiger partial charge on any atom is 0.254 e. The van der Waals surface area contributed by atoms with Crippen LogP contribution in [-0.2, 0) is 6.42 Å². The molecule has 4 rings (SSSR count). The number of aryl methyl sites for hydroxylation is 1. The molecule has 2 aromatic carbocycles. The van der Waals surface area contributed by atoms with Crippen molar-refractivity contribution >= 4 is 22.6 Å². The predicted molar refractivity (Wildman–Crippen MR) is 113 cm³/mol. The molecule has 1 aromatic heterocycles. The lowest BCUT2D eigenvalue weighted by Gasteiger charge is -2.39. The van der Waals surface area contributed by atoms with E-state index in [2.05, 4.69) is 28.3 Å². The highest BCUT2D eigenvalue weighted by molar-refractivity contribution is 7.09. The summed E-state index contributed by atoms with van der Waals surface area (Å²) in [5.74, 6) is 0.976. The van der Waals surface area contributed by atoms with Crippen molar-refractivity contribution in [1.82, 2.24) is 14.3 Å². The fraction of sp³-hybridized carbons (Fsp3) is 0.318. The van der Waals surface area contributed by atoms with E-state index in [0.717, 1.165) is 41.6 Å². The maximum absolute atomic E-state index is 13.0. The summed E-state index contributed by atoms with van der Waals surface area (Å²) in [4.78, 5) is 21.9. The maximum atomic E-state index is 13.0. The van der Waals surface area contributed by atoms with E-state index in [1.807, 2.05) is 54.3 Å². The average molecular weight is 393 g/mol. The molecule has 0 bridgehead atoms. The highest BCUT2D eigenvalue weighted by Gasteiger charge is 2.30. The van der Waals surface area contributed by atoms with Crippen LogP contribution in [0.3, 0.4) is 0 Å². The second kappa shape index (κ2) is 8.10. The molecule has 1 unspecified atom stereocenters. The molecule has 0 spiro atoms. The zero-order valence-corrected chi connectivity index (χ0v) is 17.0. The third kappa shape index (κ3) is 3.92. The quantitative estimate of drug-likeness (QED) is 0.678. The van der Waals surface area contributed by atoms with E-state index in [4.69, 9.17) is 4.98 Å².